The van der Waals surface area contributed by atoms with Crippen molar-refractivity contribution in [2.75, 3.05) is 0 Å². The van der Waals surface area contributed by atoms with Gasteiger partial charge in [-0.1, -0.05) is 54.9 Å². The summed E-state index contributed by atoms with van der Waals surface area (Å²) < 4.78 is 6.04. The van der Waals surface area contributed by atoms with E-state index in [-0.39, 0.29) is 5.41 Å². The smallest absolute Gasteiger partial charge is 0.222 e. The first-order chi connectivity index (χ1) is 9.41. The maximum atomic E-state index is 6.04. The first kappa shape index (κ1) is 15.0. The molecule has 0 bridgehead atoms. The maximum Gasteiger partial charge on any atom is 0.222 e. The molecule has 3 heteroatoms. The van der Waals surface area contributed by atoms with Crippen molar-refractivity contribution in [3.05, 3.63) is 53.2 Å². The van der Waals surface area contributed by atoms with Crippen molar-refractivity contribution in [2.45, 2.75) is 38.4 Å². The van der Waals surface area contributed by atoms with Crippen LogP contribution in [0, 0.1) is 6.92 Å². The van der Waals surface area contributed by atoms with Crippen molar-refractivity contribution in [3.63, 3.8) is 0 Å². The molecule has 2 rings (SSSR count). The second-order valence-corrected chi connectivity index (χ2v) is 6.51. The average Bonchev–Trinajstić information content (AvgIpc) is 2.40. The van der Waals surface area contributed by atoms with Crippen LogP contribution >= 0.6 is 15.9 Å². The zero-order valence-electron chi connectivity index (χ0n) is 12.4. The summed E-state index contributed by atoms with van der Waals surface area (Å²) in [7, 11) is 0. The van der Waals surface area contributed by atoms with Gasteiger partial charge in [-0.15, -0.1) is 0 Å². The Morgan fingerprint density at radius 2 is 1.90 bits per heavy atom. The van der Waals surface area contributed by atoms with E-state index in [2.05, 4.69) is 53.8 Å². The number of nitrogens with zero attached hydrogens (tertiary/aromatic N) is 1. The molecule has 0 spiro atoms. The summed E-state index contributed by atoms with van der Waals surface area (Å²) in [6, 6.07) is 10.2. The molecule has 2 aromatic rings. The molecule has 0 saturated carbocycles. The zero-order valence-corrected chi connectivity index (χ0v) is 14.0. The van der Waals surface area contributed by atoms with Gasteiger partial charge >= 0.3 is 0 Å². The highest BCUT2D eigenvalue weighted by molar-refractivity contribution is 9.08. The molecule has 1 aromatic heterocycles. The molecule has 1 heterocycles. The van der Waals surface area contributed by atoms with Gasteiger partial charge in [-0.3, -0.25) is 0 Å². The Morgan fingerprint density at radius 3 is 2.50 bits per heavy atom. The zero-order chi connectivity index (χ0) is 14.8. The highest BCUT2D eigenvalue weighted by atomic mass is 79.9. The Labute approximate surface area is 129 Å². The van der Waals surface area contributed by atoms with Crippen LogP contribution in [0.5, 0.6) is 11.6 Å². The van der Waals surface area contributed by atoms with E-state index in [0.717, 1.165) is 22.2 Å². The van der Waals surface area contributed by atoms with Crippen molar-refractivity contribution < 1.29 is 4.74 Å². The first-order valence-electron chi connectivity index (χ1n) is 6.70. The molecule has 20 heavy (non-hydrogen) atoms. The molecule has 0 radical (unpaired) electrons. The lowest BCUT2D eigenvalue weighted by Crippen LogP contribution is -2.12. The number of aryl methyl sites for hydroxylation is 1. The minimum absolute atomic E-state index is 0.0420. The predicted octanol–water partition coefficient (Wildman–Crippen LogP) is 5.37. The lowest BCUT2D eigenvalue weighted by molar-refractivity contribution is 0.436. The van der Waals surface area contributed by atoms with Crippen LogP contribution in [0.2, 0.25) is 0 Å². The van der Waals surface area contributed by atoms with Crippen molar-refractivity contribution in [2.24, 2.45) is 0 Å². The Balaban J connectivity index is 2.36. The molecular weight excluding hydrogens is 314 g/mol. The lowest BCUT2D eigenvalue weighted by Gasteiger charge is -2.22. The van der Waals surface area contributed by atoms with Gasteiger partial charge in [-0.05, 0) is 30.0 Å². The molecule has 2 nitrogen and oxygen atoms in total. The first-order valence-corrected chi connectivity index (χ1v) is 7.83. The van der Waals surface area contributed by atoms with E-state index in [1.54, 1.807) is 0 Å². The normalized spacial score (nSPS) is 11.4. The van der Waals surface area contributed by atoms with Gasteiger partial charge < -0.3 is 4.74 Å². The summed E-state index contributed by atoms with van der Waals surface area (Å²) in [5, 5.41) is 0.805. The Kier molecular flexibility index (Phi) is 4.48. The van der Waals surface area contributed by atoms with E-state index in [9.17, 15) is 0 Å². The highest BCUT2D eigenvalue weighted by Gasteiger charge is 2.19. The minimum atomic E-state index is 0.0420. The fourth-order valence-electron chi connectivity index (χ4n) is 2.08. The van der Waals surface area contributed by atoms with Gasteiger partial charge in [0.15, 0.2) is 0 Å². The summed E-state index contributed by atoms with van der Waals surface area (Å²) in [6.07, 6.45) is 1.84. The van der Waals surface area contributed by atoms with Crippen molar-refractivity contribution >= 4 is 15.9 Å². The minimum Gasteiger partial charge on any atom is -0.438 e. The second-order valence-electron chi connectivity index (χ2n) is 5.95. The summed E-state index contributed by atoms with van der Waals surface area (Å²) in [6.45, 7) is 8.57. The second kappa shape index (κ2) is 5.96. The monoisotopic (exact) mass is 333 g/mol. The van der Waals surface area contributed by atoms with E-state index < -0.39 is 0 Å². The molecule has 0 saturated heterocycles. The largest absolute Gasteiger partial charge is 0.438 e. The van der Waals surface area contributed by atoms with Crippen LogP contribution in [0.4, 0.5) is 0 Å². The number of aromatic nitrogens is 1. The van der Waals surface area contributed by atoms with E-state index in [4.69, 9.17) is 4.74 Å². The molecule has 0 N–H and O–H groups in total. The van der Waals surface area contributed by atoms with Crippen LogP contribution in [0.3, 0.4) is 0 Å². The average molecular weight is 334 g/mol. The molecule has 0 aliphatic carbocycles. The highest BCUT2D eigenvalue weighted by Crippen LogP contribution is 2.34. The molecule has 0 atom stereocenters. The fourth-order valence-corrected chi connectivity index (χ4v) is 2.39. The molecule has 0 aliphatic heterocycles. The summed E-state index contributed by atoms with van der Waals surface area (Å²) >= 11 is 3.44. The summed E-state index contributed by atoms with van der Waals surface area (Å²) in [4.78, 5) is 4.42. The third-order valence-corrected chi connectivity index (χ3v) is 3.79. The van der Waals surface area contributed by atoms with Crippen LogP contribution in [0.1, 0.15) is 37.5 Å². The SMILES string of the molecule is Cc1cc(CBr)cnc1Oc1ccccc1C(C)(C)C. The molecular formula is C17H20BrNO. The molecule has 0 aliphatic rings. The number of benzene rings is 1. The maximum absolute atomic E-state index is 6.04. The van der Waals surface area contributed by atoms with E-state index in [0.29, 0.717) is 5.88 Å². The number of para-hydroxylation sites is 1. The van der Waals surface area contributed by atoms with Gasteiger partial charge in [0, 0.05) is 22.7 Å². The number of hydrogen-bond donors (Lipinski definition) is 0. The van der Waals surface area contributed by atoms with Gasteiger partial charge in [-0.25, -0.2) is 4.98 Å². The van der Waals surface area contributed by atoms with Gasteiger partial charge in [0.25, 0.3) is 0 Å². The van der Waals surface area contributed by atoms with Gasteiger partial charge in [-0.2, -0.15) is 0 Å². The quantitative estimate of drug-likeness (QED) is 0.704. The standard InChI is InChI=1S/C17H20BrNO/c1-12-9-13(10-18)11-19-16(12)20-15-8-6-5-7-14(15)17(2,3)4/h5-9,11H,10H2,1-4H3. The topological polar surface area (TPSA) is 22.1 Å². The Morgan fingerprint density at radius 1 is 1.20 bits per heavy atom. The number of halogens is 1. The van der Waals surface area contributed by atoms with Gasteiger partial charge in [0.1, 0.15) is 5.75 Å². The van der Waals surface area contributed by atoms with Crippen molar-refractivity contribution in [1.29, 1.82) is 0 Å². The number of rotatable bonds is 3. The lowest BCUT2D eigenvalue weighted by atomic mass is 9.86. The number of pyridine rings is 1. The van der Waals surface area contributed by atoms with Crippen LogP contribution in [0.15, 0.2) is 36.5 Å². The van der Waals surface area contributed by atoms with Crippen molar-refractivity contribution in [3.8, 4) is 11.6 Å². The molecule has 1 aromatic carbocycles. The molecule has 106 valence electrons. The predicted molar refractivity (Wildman–Crippen MR) is 86.8 cm³/mol. The Bertz CT molecular complexity index is 602. The van der Waals surface area contributed by atoms with Gasteiger partial charge in [0.2, 0.25) is 5.88 Å². The Hall–Kier alpha value is -1.35. The van der Waals surface area contributed by atoms with Crippen LogP contribution in [-0.4, -0.2) is 4.98 Å². The van der Waals surface area contributed by atoms with Crippen LogP contribution in [-0.2, 0) is 10.7 Å². The molecule has 0 amide bonds. The number of ether oxygens (including phenoxy) is 1. The third kappa shape index (κ3) is 3.40. The summed E-state index contributed by atoms with van der Waals surface area (Å²) in [5.41, 5.74) is 3.43. The van der Waals surface area contributed by atoms with E-state index in [1.165, 1.54) is 5.56 Å². The van der Waals surface area contributed by atoms with E-state index in [1.807, 2.05) is 31.3 Å². The third-order valence-electron chi connectivity index (χ3n) is 3.14. The summed E-state index contributed by atoms with van der Waals surface area (Å²) in [5.74, 6) is 1.55. The number of alkyl halides is 1. The van der Waals surface area contributed by atoms with E-state index >= 15 is 0 Å². The molecule has 0 unspecified atom stereocenters. The number of hydrogen-bond acceptors (Lipinski definition) is 2. The van der Waals surface area contributed by atoms with Crippen LogP contribution in [0.25, 0.3) is 0 Å². The van der Waals surface area contributed by atoms with Crippen LogP contribution < -0.4 is 4.74 Å². The van der Waals surface area contributed by atoms with Crippen molar-refractivity contribution in [1.82, 2.24) is 4.98 Å². The fraction of sp³-hybridized carbons (Fsp3) is 0.353. The molecule has 0 fully saturated rings. The van der Waals surface area contributed by atoms with Gasteiger partial charge in [0.05, 0.1) is 0 Å².